The lowest BCUT2D eigenvalue weighted by molar-refractivity contribution is 0.552. The van der Waals surface area contributed by atoms with Gasteiger partial charge in [0.2, 0.25) is 0 Å². The number of benzene rings is 2. The first-order valence-corrected chi connectivity index (χ1v) is 8.10. The number of hydrazine groups is 1. The van der Waals surface area contributed by atoms with Crippen LogP contribution in [0.3, 0.4) is 0 Å². The Kier molecular flexibility index (Phi) is 4.11. The van der Waals surface area contributed by atoms with Crippen molar-refractivity contribution in [3.05, 3.63) is 89.5 Å². The van der Waals surface area contributed by atoms with Crippen LogP contribution in [0.2, 0.25) is 0 Å². The molecular weight excluding hydrogens is 303 g/mol. The molecule has 2 heterocycles. The number of hydrogen-bond donors (Lipinski definition) is 2. The number of nitrogens with one attached hydrogen (secondary N) is 2. The second-order valence-electron chi connectivity index (χ2n) is 6.12. The lowest BCUT2D eigenvalue weighted by Gasteiger charge is -2.17. The highest BCUT2D eigenvalue weighted by atomic mass is 19.1. The maximum atomic E-state index is 13.2. The number of nitrogens with zero attached hydrogens (tertiary/aromatic N) is 2. The fourth-order valence-electron chi connectivity index (χ4n) is 3.23. The summed E-state index contributed by atoms with van der Waals surface area (Å²) in [4.78, 5) is 0. The van der Waals surface area contributed by atoms with Gasteiger partial charge in [-0.15, -0.1) is 0 Å². The zero-order valence-corrected chi connectivity index (χ0v) is 13.2. The number of rotatable bonds is 4. The molecule has 5 heteroatoms. The van der Waals surface area contributed by atoms with Crippen LogP contribution in [0.4, 0.5) is 4.39 Å². The molecular formula is C19H19FN4. The Balaban J connectivity index is 1.53. The van der Waals surface area contributed by atoms with Gasteiger partial charge in [-0.25, -0.2) is 9.82 Å². The fraction of sp³-hybridized carbons (Fsp3) is 0.211. The number of halogens is 1. The smallest absolute Gasteiger partial charge is 0.123 e. The van der Waals surface area contributed by atoms with Crippen LogP contribution >= 0.6 is 0 Å². The van der Waals surface area contributed by atoms with Gasteiger partial charge in [0.05, 0.1) is 18.8 Å². The van der Waals surface area contributed by atoms with Gasteiger partial charge in [-0.3, -0.25) is 10.1 Å². The summed E-state index contributed by atoms with van der Waals surface area (Å²) in [5, 5.41) is 4.49. The minimum atomic E-state index is -0.204. The van der Waals surface area contributed by atoms with Crippen molar-refractivity contribution in [3.63, 3.8) is 0 Å². The molecule has 0 radical (unpaired) electrons. The van der Waals surface area contributed by atoms with Crippen molar-refractivity contribution in [1.29, 1.82) is 0 Å². The van der Waals surface area contributed by atoms with Crippen molar-refractivity contribution >= 4 is 0 Å². The second kappa shape index (κ2) is 6.55. The van der Waals surface area contributed by atoms with Gasteiger partial charge in [-0.1, -0.05) is 42.5 Å². The van der Waals surface area contributed by atoms with Gasteiger partial charge in [-0.05, 0) is 23.3 Å². The van der Waals surface area contributed by atoms with Gasteiger partial charge in [0.25, 0.3) is 0 Å². The molecule has 24 heavy (non-hydrogen) atoms. The van der Waals surface area contributed by atoms with E-state index in [-0.39, 0.29) is 17.8 Å². The summed E-state index contributed by atoms with van der Waals surface area (Å²) in [7, 11) is 0. The Morgan fingerprint density at radius 1 is 1.04 bits per heavy atom. The van der Waals surface area contributed by atoms with E-state index in [0.29, 0.717) is 0 Å². The number of hydrogen-bond acceptors (Lipinski definition) is 3. The Labute approximate surface area is 140 Å². The van der Waals surface area contributed by atoms with Crippen LogP contribution in [0, 0.1) is 5.82 Å². The summed E-state index contributed by atoms with van der Waals surface area (Å²) in [6.07, 6.45) is 3.98. The Morgan fingerprint density at radius 2 is 1.83 bits per heavy atom. The molecule has 1 saturated heterocycles. The van der Waals surface area contributed by atoms with Crippen LogP contribution in [0.25, 0.3) is 0 Å². The van der Waals surface area contributed by atoms with Gasteiger partial charge in [0, 0.05) is 24.2 Å². The van der Waals surface area contributed by atoms with E-state index in [4.69, 9.17) is 0 Å². The molecule has 0 aliphatic carbocycles. The molecule has 2 aromatic carbocycles. The van der Waals surface area contributed by atoms with E-state index in [1.54, 1.807) is 0 Å². The predicted octanol–water partition coefficient (Wildman–Crippen LogP) is 3.00. The van der Waals surface area contributed by atoms with E-state index < -0.39 is 0 Å². The topological polar surface area (TPSA) is 41.9 Å². The van der Waals surface area contributed by atoms with Crippen molar-refractivity contribution in [1.82, 2.24) is 20.6 Å². The molecule has 1 aliphatic rings. The van der Waals surface area contributed by atoms with Crippen molar-refractivity contribution < 1.29 is 4.39 Å². The quantitative estimate of drug-likeness (QED) is 0.776. The monoisotopic (exact) mass is 322 g/mol. The maximum Gasteiger partial charge on any atom is 0.123 e. The van der Waals surface area contributed by atoms with Crippen LogP contribution in [0.15, 0.2) is 67.0 Å². The van der Waals surface area contributed by atoms with Gasteiger partial charge in [0.1, 0.15) is 5.82 Å². The van der Waals surface area contributed by atoms with Crippen LogP contribution in [-0.2, 0) is 6.54 Å². The average Bonchev–Trinajstić information content (AvgIpc) is 3.25. The predicted molar refractivity (Wildman–Crippen MR) is 90.8 cm³/mol. The number of aromatic nitrogens is 2. The van der Waals surface area contributed by atoms with E-state index in [1.165, 1.54) is 17.7 Å². The zero-order chi connectivity index (χ0) is 16.4. The summed E-state index contributed by atoms with van der Waals surface area (Å²) in [6.45, 7) is 1.56. The molecule has 4 nitrogen and oxygen atoms in total. The first-order valence-electron chi connectivity index (χ1n) is 8.10. The molecule has 0 amide bonds. The van der Waals surface area contributed by atoms with E-state index >= 15 is 0 Å². The molecule has 0 bridgehead atoms. The molecule has 0 saturated carbocycles. The Morgan fingerprint density at radius 3 is 2.62 bits per heavy atom. The zero-order valence-electron chi connectivity index (χ0n) is 13.2. The highest BCUT2D eigenvalue weighted by molar-refractivity contribution is 5.28. The third kappa shape index (κ3) is 3.09. The van der Waals surface area contributed by atoms with Crippen LogP contribution in [0.5, 0.6) is 0 Å². The molecule has 0 spiro atoms. The lowest BCUT2D eigenvalue weighted by Crippen LogP contribution is -2.24. The molecule has 3 aromatic rings. The molecule has 4 rings (SSSR count). The van der Waals surface area contributed by atoms with Crippen LogP contribution in [0.1, 0.15) is 28.7 Å². The summed E-state index contributed by atoms with van der Waals surface area (Å²) >= 11 is 0. The molecule has 122 valence electrons. The van der Waals surface area contributed by atoms with E-state index in [0.717, 1.165) is 24.2 Å². The van der Waals surface area contributed by atoms with E-state index in [2.05, 4.69) is 34.3 Å². The minimum absolute atomic E-state index is 0.125. The Hall–Kier alpha value is -2.50. The first kappa shape index (κ1) is 15.1. The third-order valence-corrected chi connectivity index (χ3v) is 4.48. The molecule has 1 fully saturated rings. The summed E-state index contributed by atoms with van der Waals surface area (Å²) in [5.41, 5.74) is 10.0. The van der Waals surface area contributed by atoms with Crippen LogP contribution in [-0.4, -0.2) is 16.3 Å². The van der Waals surface area contributed by atoms with Gasteiger partial charge < -0.3 is 0 Å². The maximum absolute atomic E-state index is 13.2. The summed E-state index contributed by atoms with van der Waals surface area (Å²) in [5.74, 6) is 0.0462. The van der Waals surface area contributed by atoms with Crippen LogP contribution < -0.4 is 10.9 Å². The first-order chi connectivity index (χ1) is 11.8. The van der Waals surface area contributed by atoms with Crippen molar-refractivity contribution in [2.24, 2.45) is 0 Å². The standard InChI is InChI=1S/C19H19FN4/c20-17-8-6-15(7-9-17)18-11-21-23-19(18)16-10-22-24(13-16)12-14-4-2-1-3-5-14/h1-10,13,18-19,21,23H,11-12H2. The average molecular weight is 322 g/mol. The largest absolute Gasteiger partial charge is 0.268 e. The van der Waals surface area contributed by atoms with Gasteiger partial charge in [-0.2, -0.15) is 5.10 Å². The molecule has 1 aromatic heterocycles. The normalized spacial score (nSPS) is 20.4. The van der Waals surface area contributed by atoms with E-state index in [9.17, 15) is 4.39 Å². The molecule has 2 N–H and O–H groups in total. The summed E-state index contributed by atoms with van der Waals surface area (Å²) < 4.78 is 15.1. The van der Waals surface area contributed by atoms with Crippen molar-refractivity contribution in [2.45, 2.75) is 18.5 Å². The highest BCUT2D eigenvalue weighted by Crippen LogP contribution is 2.33. The highest BCUT2D eigenvalue weighted by Gasteiger charge is 2.30. The second-order valence-corrected chi connectivity index (χ2v) is 6.12. The minimum Gasteiger partial charge on any atom is -0.268 e. The fourth-order valence-corrected chi connectivity index (χ4v) is 3.23. The third-order valence-electron chi connectivity index (χ3n) is 4.48. The van der Waals surface area contributed by atoms with Gasteiger partial charge >= 0.3 is 0 Å². The SMILES string of the molecule is Fc1ccc(C2CNNC2c2cnn(Cc3ccccc3)c2)cc1. The summed E-state index contributed by atoms with van der Waals surface area (Å²) in [6, 6.07) is 17.1. The molecule has 2 atom stereocenters. The van der Waals surface area contributed by atoms with E-state index in [1.807, 2.05) is 41.2 Å². The van der Waals surface area contributed by atoms with Crippen molar-refractivity contribution in [2.75, 3.05) is 6.54 Å². The Bertz CT molecular complexity index is 798. The molecule has 1 aliphatic heterocycles. The van der Waals surface area contributed by atoms with Crippen molar-refractivity contribution in [3.8, 4) is 0 Å². The lowest BCUT2D eigenvalue weighted by atomic mass is 9.90. The van der Waals surface area contributed by atoms with Gasteiger partial charge in [0.15, 0.2) is 0 Å². The molecule has 2 unspecified atom stereocenters.